The topological polar surface area (TPSA) is 90.3 Å². The van der Waals surface area contributed by atoms with E-state index < -0.39 is 10.0 Å². The first kappa shape index (κ1) is 18.0. The predicted molar refractivity (Wildman–Crippen MR) is 85.9 cm³/mol. The Kier molecular flexibility index (Phi) is 5.55. The fraction of sp³-hybridized carbons (Fsp3) is 0.467. The number of sulfonamides is 1. The third-order valence-corrected chi connectivity index (χ3v) is 3.91. The zero-order valence-electron chi connectivity index (χ0n) is 13.3. The lowest BCUT2D eigenvalue weighted by atomic mass is 10.1. The van der Waals surface area contributed by atoms with Gasteiger partial charge in [-0.15, -0.1) is 0 Å². The Morgan fingerprint density at radius 3 is 2.50 bits per heavy atom. The highest BCUT2D eigenvalue weighted by molar-refractivity contribution is 7.92. The number of carbonyl (C=O) groups is 1. The Morgan fingerprint density at radius 1 is 1.36 bits per heavy atom. The van der Waals surface area contributed by atoms with Gasteiger partial charge in [0.15, 0.2) is 0 Å². The second-order valence-corrected chi connectivity index (χ2v) is 7.95. The van der Waals surface area contributed by atoms with Crippen LogP contribution >= 0.6 is 0 Å². The van der Waals surface area contributed by atoms with E-state index in [0.29, 0.717) is 11.3 Å². The van der Waals surface area contributed by atoms with E-state index >= 15 is 0 Å². The molecule has 22 heavy (non-hydrogen) atoms. The summed E-state index contributed by atoms with van der Waals surface area (Å²) < 4.78 is 25.0. The second-order valence-electron chi connectivity index (χ2n) is 6.05. The summed E-state index contributed by atoms with van der Waals surface area (Å²) >= 11 is 0. The van der Waals surface area contributed by atoms with Crippen LogP contribution in [0, 0.1) is 11.3 Å². The van der Waals surface area contributed by atoms with Gasteiger partial charge in [0.25, 0.3) is 0 Å². The van der Waals surface area contributed by atoms with Crippen LogP contribution in [0.15, 0.2) is 24.3 Å². The number of nitriles is 1. The molecule has 0 aliphatic carbocycles. The van der Waals surface area contributed by atoms with Gasteiger partial charge in [0.1, 0.15) is 0 Å². The average molecular weight is 323 g/mol. The van der Waals surface area contributed by atoms with Gasteiger partial charge in [-0.2, -0.15) is 5.26 Å². The van der Waals surface area contributed by atoms with Gasteiger partial charge in [-0.3, -0.25) is 9.10 Å². The number of nitrogens with one attached hydrogen (secondary N) is 1. The smallest absolute Gasteiger partial charge is 0.232 e. The van der Waals surface area contributed by atoms with Crippen LogP contribution in [0.25, 0.3) is 0 Å². The molecule has 0 unspecified atom stereocenters. The third kappa shape index (κ3) is 5.74. The molecule has 1 amide bonds. The average Bonchev–Trinajstić information content (AvgIpc) is 2.35. The molecule has 0 saturated heterocycles. The van der Waals surface area contributed by atoms with E-state index in [1.165, 1.54) is 6.07 Å². The molecule has 1 aromatic rings. The van der Waals surface area contributed by atoms with Crippen molar-refractivity contribution in [1.29, 1.82) is 5.26 Å². The molecule has 0 heterocycles. The molecular weight excluding hydrogens is 302 g/mol. The van der Waals surface area contributed by atoms with Crippen molar-refractivity contribution in [3.8, 4) is 6.07 Å². The van der Waals surface area contributed by atoms with Crippen LogP contribution < -0.4 is 9.62 Å². The van der Waals surface area contributed by atoms with Gasteiger partial charge in [0.2, 0.25) is 15.9 Å². The first-order chi connectivity index (χ1) is 10.0. The first-order valence-electron chi connectivity index (χ1n) is 6.82. The monoisotopic (exact) mass is 323 g/mol. The van der Waals surface area contributed by atoms with E-state index in [0.717, 1.165) is 10.6 Å². The summed E-state index contributed by atoms with van der Waals surface area (Å²) in [4.78, 5) is 11.9. The van der Waals surface area contributed by atoms with Gasteiger partial charge in [0, 0.05) is 18.5 Å². The van der Waals surface area contributed by atoms with Crippen molar-refractivity contribution in [3.05, 3.63) is 29.8 Å². The maximum Gasteiger partial charge on any atom is 0.232 e. The van der Waals surface area contributed by atoms with Crippen LogP contribution in [0.1, 0.15) is 32.8 Å². The molecule has 0 aromatic heterocycles. The molecule has 1 N–H and O–H groups in total. The molecule has 0 spiro atoms. The van der Waals surface area contributed by atoms with E-state index in [1.807, 2.05) is 26.8 Å². The molecule has 7 heteroatoms. The minimum Gasteiger partial charge on any atom is -0.351 e. The van der Waals surface area contributed by atoms with E-state index in [2.05, 4.69) is 5.32 Å². The largest absolute Gasteiger partial charge is 0.351 e. The van der Waals surface area contributed by atoms with Crippen molar-refractivity contribution >= 4 is 21.6 Å². The first-order valence-corrected chi connectivity index (χ1v) is 8.66. The lowest BCUT2D eigenvalue weighted by Gasteiger charge is -2.24. The zero-order chi connectivity index (χ0) is 17.0. The van der Waals surface area contributed by atoms with Gasteiger partial charge in [-0.1, -0.05) is 6.07 Å². The highest BCUT2D eigenvalue weighted by Gasteiger charge is 2.20. The van der Waals surface area contributed by atoms with E-state index in [-0.39, 0.29) is 24.4 Å². The van der Waals surface area contributed by atoms with Crippen molar-refractivity contribution in [2.45, 2.75) is 32.7 Å². The summed E-state index contributed by atoms with van der Waals surface area (Å²) in [5.41, 5.74) is 0.378. The lowest BCUT2D eigenvalue weighted by Crippen LogP contribution is -2.42. The van der Waals surface area contributed by atoms with Crippen LogP contribution in [0.4, 0.5) is 5.69 Å². The minimum absolute atomic E-state index is 0.0234. The van der Waals surface area contributed by atoms with Crippen LogP contribution in [0.3, 0.4) is 0 Å². The summed E-state index contributed by atoms with van der Waals surface area (Å²) in [5, 5.41) is 11.7. The summed E-state index contributed by atoms with van der Waals surface area (Å²) in [6.45, 7) is 5.59. The maximum absolute atomic E-state index is 11.9. The number of anilines is 1. The predicted octanol–water partition coefficient (Wildman–Crippen LogP) is 1.63. The number of rotatable bonds is 5. The maximum atomic E-state index is 11.9. The fourth-order valence-electron chi connectivity index (χ4n) is 1.90. The van der Waals surface area contributed by atoms with E-state index in [1.54, 1.807) is 18.2 Å². The molecule has 0 aliphatic rings. The Labute approximate surface area is 131 Å². The highest BCUT2D eigenvalue weighted by atomic mass is 32.2. The van der Waals surface area contributed by atoms with Crippen molar-refractivity contribution < 1.29 is 13.2 Å². The molecule has 0 atom stereocenters. The molecule has 0 saturated carbocycles. The Hall–Kier alpha value is -2.07. The van der Waals surface area contributed by atoms with Gasteiger partial charge in [-0.25, -0.2) is 8.42 Å². The second kappa shape index (κ2) is 6.79. The van der Waals surface area contributed by atoms with Gasteiger partial charge < -0.3 is 5.32 Å². The number of nitrogens with zero attached hydrogens (tertiary/aromatic N) is 2. The fourth-order valence-corrected chi connectivity index (χ4v) is 2.82. The molecule has 0 radical (unpaired) electrons. The molecular formula is C15H21N3O3S. The van der Waals surface area contributed by atoms with Crippen LogP contribution in [0.5, 0.6) is 0 Å². The Bertz CT molecular complexity index is 685. The number of benzene rings is 1. The molecule has 0 fully saturated rings. The van der Waals surface area contributed by atoms with E-state index in [9.17, 15) is 13.2 Å². The van der Waals surface area contributed by atoms with Gasteiger partial charge in [0.05, 0.1) is 23.6 Å². The Morgan fingerprint density at radius 2 is 2.00 bits per heavy atom. The molecule has 0 aliphatic heterocycles. The lowest BCUT2D eigenvalue weighted by molar-refractivity contribution is -0.122. The summed E-state index contributed by atoms with van der Waals surface area (Å²) in [5.74, 6) is -0.224. The zero-order valence-corrected chi connectivity index (χ0v) is 14.1. The normalized spacial score (nSPS) is 11.6. The quantitative estimate of drug-likeness (QED) is 0.891. The molecule has 0 bridgehead atoms. The van der Waals surface area contributed by atoms with Crippen molar-refractivity contribution in [2.24, 2.45) is 0 Å². The van der Waals surface area contributed by atoms with E-state index in [4.69, 9.17) is 5.26 Å². The standard InChI is InChI=1S/C15H21N3O3S/c1-15(2,3)17-14(19)8-9-18(22(4,20)21)13-7-5-6-12(10-13)11-16/h5-7,10H,8-9H2,1-4H3,(H,17,19). The number of hydrogen-bond donors (Lipinski definition) is 1. The molecule has 1 aromatic carbocycles. The number of hydrogen-bond acceptors (Lipinski definition) is 4. The SMILES string of the molecule is CC(C)(C)NC(=O)CCN(c1cccc(C#N)c1)S(C)(=O)=O. The summed E-state index contributed by atoms with van der Waals surface area (Å²) in [7, 11) is -3.54. The third-order valence-electron chi connectivity index (χ3n) is 2.72. The van der Waals surface area contributed by atoms with Crippen molar-refractivity contribution in [2.75, 3.05) is 17.1 Å². The van der Waals surface area contributed by atoms with Gasteiger partial charge >= 0.3 is 0 Å². The Balaban J connectivity index is 2.92. The van der Waals surface area contributed by atoms with Crippen molar-refractivity contribution in [3.63, 3.8) is 0 Å². The van der Waals surface area contributed by atoms with Crippen molar-refractivity contribution in [1.82, 2.24) is 5.32 Å². The van der Waals surface area contributed by atoms with Crippen LogP contribution in [0.2, 0.25) is 0 Å². The highest BCUT2D eigenvalue weighted by Crippen LogP contribution is 2.19. The molecule has 120 valence electrons. The number of carbonyl (C=O) groups excluding carboxylic acids is 1. The van der Waals surface area contributed by atoms with Crippen LogP contribution in [-0.4, -0.2) is 32.7 Å². The minimum atomic E-state index is -3.54. The molecule has 6 nitrogen and oxygen atoms in total. The van der Waals surface area contributed by atoms with Gasteiger partial charge in [-0.05, 0) is 39.0 Å². The van der Waals surface area contributed by atoms with Crippen LogP contribution in [-0.2, 0) is 14.8 Å². The summed E-state index contributed by atoms with van der Waals surface area (Å²) in [6.07, 6.45) is 1.12. The summed E-state index contributed by atoms with van der Waals surface area (Å²) in [6, 6.07) is 8.26. The molecule has 1 rings (SSSR count). The number of amides is 1.